The van der Waals surface area contributed by atoms with Crippen molar-refractivity contribution >= 4 is 58.1 Å². The van der Waals surface area contributed by atoms with Crippen LogP contribution in [-0.2, 0) is 46.0 Å². The molecule has 0 saturated carbocycles. The third-order valence-corrected chi connectivity index (χ3v) is 8.10. The minimum absolute atomic E-state index is 0. The van der Waals surface area contributed by atoms with Gasteiger partial charge < -0.3 is 0 Å². The number of rotatable bonds is 4. The fourth-order valence-corrected chi connectivity index (χ4v) is 5.66. The number of benzene rings is 4. The molecule has 0 nitrogen and oxygen atoms in total. The van der Waals surface area contributed by atoms with E-state index in [1.54, 1.807) is 0 Å². The van der Waals surface area contributed by atoms with Gasteiger partial charge >= 0.3 is 83.2 Å². The molecule has 0 aliphatic heterocycles. The first-order chi connectivity index (χ1) is 26.9. The van der Waals surface area contributed by atoms with Crippen LogP contribution in [0.5, 0.6) is 0 Å². The van der Waals surface area contributed by atoms with Gasteiger partial charge in [-0.05, 0) is 27.7 Å². The van der Waals surface area contributed by atoms with E-state index in [4.69, 9.17) is 0 Å². The van der Waals surface area contributed by atoms with Gasteiger partial charge in [-0.1, -0.05) is 96.5 Å². The molecule has 0 unspecified atom stereocenters. The molecule has 8 rings (SSSR count). The number of halogens is 2. The van der Waals surface area contributed by atoms with E-state index in [-0.39, 0.29) is 35.8 Å². The van der Waals surface area contributed by atoms with Gasteiger partial charge in [0.05, 0.1) is 0 Å². The third-order valence-electron chi connectivity index (χ3n) is 8.10. The average molecular weight is 1170 g/mol. The van der Waals surface area contributed by atoms with Crippen LogP contribution in [0.4, 0.5) is 0 Å². The maximum atomic E-state index is 3.31. The van der Waals surface area contributed by atoms with Gasteiger partial charge in [0.2, 0.25) is 0 Å². The molecule has 0 heterocycles. The van der Waals surface area contributed by atoms with Gasteiger partial charge in [0.1, 0.15) is 0 Å². The quantitative estimate of drug-likeness (QED) is 0.141. The van der Waals surface area contributed by atoms with Crippen LogP contribution in [0.1, 0.15) is 70.2 Å². The second-order valence-electron chi connectivity index (χ2n) is 14.3. The van der Waals surface area contributed by atoms with Gasteiger partial charge in [-0.15, -0.1) is 120 Å². The van der Waals surface area contributed by atoms with Crippen molar-refractivity contribution in [3.05, 3.63) is 214 Å². The van der Waals surface area contributed by atoms with E-state index in [1.807, 2.05) is 0 Å². The normalized spacial score (nSPS) is 13.3. The van der Waals surface area contributed by atoms with Crippen LogP contribution in [0.3, 0.4) is 0 Å². The first-order valence-electron chi connectivity index (χ1n) is 19.3. The summed E-state index contributed by atoms with van der Waals surface area (Å²) >= 11 is 2.90. The number of aryl methyl sites for hydroxylation is 4. The van der Waals surface area contributed by atoms with Gasteiger partial charge in [0.15, 0.2) is 0 Å². The predicted octanol–water partition coefficient (Wildman–Crippen LogP) is 15.0. The number of allylic oxidation sites excluding steroid dienone is 16. The van der Waals surface area contributed by atoms with Gasteiger partial charge in [0.25, 0.3) is 0 Å². The first-order valence-corrected chi connectivity index (χ1v) is 35.1. The van der Waals surface area contributed by atoms with Crippen molar-refractivity contribution in [3.8, 4) is 0 Å². The minimum atomic E-state index is 0. The van der Waals surface area contributed by atoms with E-state index in [0.717, 1.165) is 25.7 Å². The third kappa shape index (κ3) is 22.2. The van der Waals surface area contributed by atoms with Crippen molar-refractivity contribution in [2.45, 2.75) is 79.6 Å². The van der Waals surface area contributed by atoms with Crippen LogP contribution in [0.25, 0.3) is 22.3 Å². The summed E-state index contributed by atoms with van der Waals surface area (Å²) in [6.07, 6.45) is 34.2. The molecular weight excluding hydrogens is 1110 g/mol. The maximum absolute atomic E-state index is 3.31. The summed E-state index contributed by atoms with van der Waals surface area (Å²) in [6.45, 7) is 17.8. The van der Waals surface area contributed by atoms with Crippen LogP contribution in [-0.4, -0.2) is 11.0 Å². The second-order valence-corrected chi connectivity index (χ2v) is 39.8. The molecule has 4 aliphatic rings. The summed E-state index contributed by atoms with van der Waals surface area (Å²) in [5.74, 6) is 0. The monoisotopic (exact) mass is 1170 g/mol. The largest absolute Gasteiger partial charge is 0.197 e. The van der Waals surface area contributed by atoms with Gasteiger partial charge in [-0.2, -0.15) is 70.9 Å². The predicted molar refractivity (Wildman–Crippen MR) is 256 cm³/mol. The summed E-state index contributed by atoms with van der Waals surface area (Å²) in [5, 5.41) is 0. The molecule has 0 radical (unpaired) electrons. The molecule has 4 aliphatic carbocycles. The molecule has 0 atom stereocenters. The Balaban J connectivity index is 0.000000360. The van der Waals surface area contributed by atoms with E-state index in [0.29, 0.717) is 0 Å². The van der Waals surface area contributed by atoms with E-state index < -0.39 is 0 Å². The molecule has 6 heteroatoms. The van der Waals surface area contributed by atoms with Crippen molar-refractivity contribution in [3.63, 3.8) is 0 Å². The summed E-state index contributed by atoms with van der Waals surface area (Å²) in [5.41, 5.74) is 15.8. The minimum Gasteiger partial charge on any atom is -0.197 e. The van der Waals surface area contributed by atoms with Crippen LogP contribution in [0.2, 0.25) is 26.2 Å². The Hall–Kier alpha value is -2.45. The summed E-state index contributed by atoms with van der Waals surface area (Å²) in [4.78, 5) is 0. The molecule has 0 saturated heterocycles. The van der Waals surface area contributed by atoms with Crippen LogP contribution < -0.4 is 0 Å². The molecule has 58 heavy (non-hydrogen) atoms. The van der Waals surface area contributed by atoms with Crippen LogP contribution in [0.15, 0.2) is 146 Å². The molecule has 0 spiro atoms. The molecule has 4 aromatic carbocycles. The fraction of sp³-hybridized carbons (Fsp3) is 0.231. The van der Waals surface area contributed by atoms with Crippen molar-refractivity contribution < 1.29 is 46.0 Å². The van der Waals surface area contributed by atoms with Gasteiger partial charge in [-0.3, -0.25) is 0 Å². The molecule has 0 fully saturated rings. The Morgan fingerprint density at radius 3 is 0.707 bits per heavy atom. The van der Waals surface area contributed by atoms with E-state index in [1.165, 1.54) is 113 Å². The van der Waals surface area contributed by atoms with Gasteiger partial charge in [0, 0.05) is 0 Å². The summed E-state index contributed by atoms with van der Waals surface area (Å²) < 4.78 is 0. The smallest absolute Gasteiger partial charge is 0.0408 e. The van der Waals surface area contributed by atoms with E-state index >= 15 is 0 Å². The SMILES string of the molecule is C[Si](C)=[Hf+2].C[Si](C)=[Hf+2].Cc1cccc(C2=[C-]CC=C2)c1.Cc1cccc(C2=[C-]CC=C2)c1.Cc1cccc(C2=[C-]CC=C2)c1.Cc1cccc(C2=[C-]CC=C2)c1.Cl.Cl. The van der Waals surface area contributed by atoms with Crippen molar-refractivity contribution in [2.75, 3.05) is 0 Å². The Bertz CT molecular complexity index is 1870. The van der Waals surface area contributed by atoms with Crippen LogP contribution >= 0.6 is 24.8 Å². The zero-order valence-electron chi connectivity index (χ0n) is 35.5. The Morgan fingerprint density at radius 2 is 0.569 bits per heavy atom. The molecule has 0 amide bonds. The second kappa shape index (κ2) is 30.6. The van der Waals surface area contributed by atoms with Crippen molar-refractivity contribution in [2.24, 2.45) is 0 Å². The van der Waals surface area contributed by atoms with E-state index in [2.05, 4.69) is 224 Å². The molecule has 0 N–H and O–H groups in total. The standard InChI is InChI=1S/4C12H11.2C2H6Si.2ClH.2Hf/c4*1-10-5-4-8-12(9-10)11-6-2-3-7-11;2*1-3-2;;;;/h4*2,4-6,8-9H,3H2,1H3;2*1-2H3;2*1H;;/q4*-1;;;;;2*+2. The zero-order valence-corrected chi connectivity index (χ0v) is 46.3. The maximum Gasteiger partial charge on any atom is -0.0408 e. The Labute approximate surface area is 394 Å². The van der Waals surface area contributed by atoms with E-state index in [9.17, 15) is 0 Å². The number of hydrogen-bond acceptors (Lipinski definition) is 0. The molecular formula is C52H58Cl2Hf2Si2. The fourth-order valence-electron chi connectivity index (χ4n) is 5.66. The zero-order chi connectivity index (χ0) is 40.7. The topological polar surface area (TPSA) is 0 Å². The Kier molecular flexibility index (Phi) is 28.2. The average Bonchev–Trinajstić information content (AvgIpc) is 4.01. The molecule has 296 valence electrons. The van der Waals surface area contributed by atoms with Crippen molar-refractivity contribution in [1.82, 2.24) is 0 Å². The molecule has 0 aromatic heterocycles. The molecule has 4 aromatic rings. The Morgan fingerprint density at radius 1 is 0.379 bits per heavy atom. The van der Waals surface area contributed by atoms with Gasteiger partial charge in [-0.25, -0.2) is 0 Å². The van der Waals surface area contributed by atoms with Crippen LogP contribution in [0, 0.1) is 52.0 Å². The van der Waals surface area contributed by atoms with Crippen molar-refractivity contribution in [1.29, 1.82) is 0 Å². The number of hydrogen-bond donors (Lipinski definition) is 0. The first kappa shape index (κ1) is 53.6. The molecule has 0 bridgehead atoms. The summed E-state index contributed by atoms with van der Waals surface area (Å²) in [7, 11) is 0. The summed E-state index contributed by atoms with van der Waals surface area (Å²) in [6, 6.07) is 34.1.